The van der Waals surface area contributed by atoms with Gasteiger partial charge in [0, 0.05) is 20.8 Å². The molecule has 2 aromatic rings. The lowest BCUT2D eigenvalue weighted by Gasteiger charge is -2.09. The van der Waals surface area contributed by atoms with Crippen LogP contribution in [0.4, 0.5) is 5.69 Å². The number of hydrogen-bond donors (Lipinski definition) is 1. The number of hydrogen-bond acceptors (Lipinski definition) is 1. The summed E-state index contributed by atoms with van der Waals surface area (Å²) in [4.78, 5) is 12.0. The van der Waals surface area contributed by atoms with E-state index >= 15 is 0 Å². The first-order valence-electron chi connectivity index (χ1n) is 5.95. The molecule has 0 radical (unpaired) electrons. The van der Waals surface area contributed by atoms with Crippen molar-refractivity contribution in [3.8, 4) is 0 Å². The molecule has 1 amide bonds. The smallest absolute Gasteiger partial charge is 0.228 e. The van der Waals surface area contributed by atoms with Gasteiger partial charge in [-0.3, -0.25) is 4.79 Å². The zero-order valence-electron chi connectivity index (χ0n) is 10.7. The monoisotopic (exact) mass is 327 g/mol. The SMILES string of the molecule is Cc1ccc(Cl)cc1NC(=O)Cc1ccc(Cl)cc1Cl. The lowest BCUT2D eigenvalue weighted by atomic mass is 10.1. The highest BCUT2D eigenvalue weighted by Crippen LogP contribution is 2.23. The van der Waals surface area contributed by atoms with Crippen LogP contribution in [0.1, 0.15) is 11.1 Å². The number of carbonyl (C=O) groups is 1. The van der Waals surface area contributed by atoms with Crippen LogP contribution < -0.4 is 5.32 Å². The van der Waals surface area contributed by atoms with Crippen LogP contribution in [0.3, 0.4) is 0 Å². The zero-order valence-corrected chi connectivity index (χ0v) is 13.0. The number of anilines is 1. The Morgan fingerprint density at radius 2 is 1.70 bits per heavy atom. The number of halogens is 3. The number of carbonyl (C=O) groups excluding carboxylic acids is 1. The number of aryl methyl sites for hydroxylation is 1. The molecule has 1 N–H and O–H groups in total. The normalized spacial score (nSPS) is 10.4. The molecule has 0 bridgehead atoms. The zero-order chi connectivity index (χ0) is 14.7. The predicted molar refractivity (Wildman–Crippen MR) is 85.0 cm³/mol. The van der Waals surface area contributed by atoms with Crippen molar-refractivity contribution in [1.82, 2.24) is 0 Å². The first-order valence-corrected chi connectivity index (χ1v) is 7.09. The molecule has 0 atom stereocenters. The summed E-state index contributed by atoms with van der Waals surface area (Å²) in [5.74, 6) is -0.153. The maximum absolute atomic E-state index is 12.0. The van der Waals surface area contributed by atoms with Crippen LogP contribution in [-0.2, 0) is 11.2 Å². The molecule has 0 saturated heterocycles. The summed E-state index contributed by atoms with van der Waals surface area (Å²) in [6.07, 6.45) is 0.182. The largest absolute Gasteiger partial charge is 0.326 e. The number of rotatable bonds is 3. The quantitative estimate of drug-likeness (QED) is 0.830. The maximum Gasteiger partial charge on any atom is 0.228 e. The number of nitrogens with one attached hydrogen (secondary N) is 1. The van der Waals surface area contributed by atoms with Gasteiger partial charge in [0.1, 0.15) is 0 Å². The van der Waals surface area contributed by atoms with Crippen LogP contribution in [-0.4, -0.2) is 5.91 Å². The first-order chi connectivity index (χ1) is 9.45. The maximum atomic E-state index is 12.0. The summed E-state index contributed by atoms with van der Waals surface area (Å²) in [7, 11) is 0. The van der Waals surface area contributed by atoms with Gasteiger partial charge >= 0.3 is 0 Å². The minimum atomic E-state index is -0.153. The fourth-order valence-electron chi connectivity index (χ4n) is 1.76. The molecule has 2 aromatic carbocycles. The van der Waals surface area contributed by atoms with Crippen molar-refractivity contribution in [2.45, 2.75) is 13.3 Å². The van der Waals surface area contributed by atoms with E-state index < -0.39 is 0 Å². The van der Waals surface area contributed by atoms with E-state index in [1.165, 1.54) is 0 Å². The fourth-order valence-corrected chi connectivity index (χ4v) is 2.41. The minimum absolute atomic E-state index is 0.153. The van der Waals surface area contributed by atoms with Gasteiger partial charge < -0.3 is 5.32 Å². The van der Waals surface area contributed by atoms with Gasteiger partial charge in [-0.2, -0.15) is 0 Å². The second kappa shape index (κ2) is 6.49. The van der Waals surface area contributed by atoms with Gasteiger partial charge in [-0.1, -0.05) is 46.9 Å². The molecule has 104 valence electrons. The third-order valence-electron chi connectivity index (χ3n) is 2.84. The van der Waals surface area contributed by atoms with Gasteiger partial charge in [0.15, 0.2) is 0 Å². The van der Waals surface area contributed by atoms with Crippen LogP contribution >= 0.6 is 34.8 Å². The first kappa shape index (κ1) is 15.2. The number of amides is 1. The second-order valence-corrected chi connectivity index (χ2v) is 5.70. The molecule has 0 unspecified atom stereocenters. The molecule has 2 rings (SSSR count). The van der Waals surface area contributed by atoms with E-state index in [0.717, 1.165) is 11.1 Å². The number of benzene rings is 2. The van der Waals surface area contributed by atoms with Gasteiger partial charge in [0.25, 0.3) is 0 Å². The molecule has 0 aliphatic rings. The van der Waals surface area contributed by atoms with Crippen LogP contribution in [0.5, 0.6) is 0 Å². The topological polar surface area (TPSA) is 29.1 Å². The summed E-state index contributed by atoms with van der Waals surface area (Å²) >= 11 is 17.8. The fraction of sp³-hybridized carbons (Fsp3) is 0.133. The Balaban J connectivity index is 2.11. The summed E-state index contributed by atoms with van der Waals surface area (Å²) < 4.78 is 0. The van der Waals surface area contributed by atoms with Gasteiger partial charge in [-0.25, -0.2) is 0 Å². The molecule has 20 heavy (non-hydrogen) atoms. The van der Waals surface area contributed by atoms with Crippen molar-refractivity contribution >= 4 is 46.4 Å². The summed E-state index contributed by atoms with van der Waals surface area (Å²) in [5.41, 5.74) is 2.38. The third kappa shape index (κ3) is 3.89. The van der Waals surface area contributed by atoms with E-state index in [2.05, 4.69) is 5.32 Å². The molecule has 0 aliphatic heterocycles. The van der Waals surface area contributed by atoms with Gasteiger partial charge in [-0.15, -0.1) is 0 Å². The van der Waals surface area contributed by atoms with Crippen molar-refractivity contribution in [3.63, 3.8) is 0 Å². The summed E-state index contributed by atoms with van der Waals surface area (Å²) in [6, 6.07) is 10.4. The highest BCUT2D eigenvalue weighted by molar-refractivity contribution is 6.35. The van der Waals surface area contributed by atoms with Crippen LogP contribution in [0, 0.1) is 6.92 Å². The summed E-state index contributed by atoms with van der Waals surface area (Å²) in [5, 5.41) is 4.43. The molecule has 0 heterocycles. The Labute approximate surface area is 132 Å². The van der Waals surface area contributed by atoms with E-state index in [4.69, 9.17) is 34.8 Å². The molecule has 5 heteroatoms. The Bertz CT molecular complexity index is 656. The highest BCUT2D eigenvalue weighted by Gasteiger charge is 2.09. The molecular weight excluding hydrogens is 317 g/mol. The summed E-state index contributed by atoms with van der Waals surface area (Å²) in [6.45, 7) is 1.90. The standard InChI is InChI=1S/C15H12Cl3NO/c1-9-2-4-12(17)8-14(9)19-15(20)6-10-3-5-11(16)7-13(10)18/h2-5,7-8H,6H2,1H3,(H,19,20). The Morgan fingerprint density at radius 1 is 1.05 bits per heavy atom. The van der Waals surface area contributed by atoms with Crippen LogP contribution in [0.2, 0.25) is 15.1 Å². The van der Waals surface area contributed by atoms with Crippen LogP contribution in [0.15, 0.2) is 36.4 Å². The Morgan fingerprint density at radius 3 is 2.40 bits per heavy atom. The Hall–Kier alpha value is -1.22. The average molecular weight is 329 g/mol. The predicted octanol–water partition coefficient (Wildman–Crippen LogP) is 5.14. The van der Waals surface area contributed by atoms with Crippen LogP contribution in [0.25, 0.3) is 0 Å². The molecule has 0 aliphatic carbocycles. The van der Waals surface area contributed by atoms with Crippen molar-refractivity contribution in [3.05, 3.63) is 62.6 Å². The van der Waals surface area contributed by atoms with Gasteiger partial charge in [-0.05, 0) is 42.3 Å². The molecule has 0 saturated carbocycles. The average Bonchev–Trinajstić information content (AvgIpc) is 2.37. The minimum Gasteiger partial charge on any atom is -0.326 e. The van der Waals surface area contributed by atoms with Crippen molar-refractivity contribution in [1.29, 1.82) is 0 Å². The van der Waals surface area contributed by atoms with E-state index in [-0.39, 0.29) is 12.3 Å². The molecule has 0 aromatic heterocycles. The van der Waals surface area contributed by atoms with Crippen molar-refractivity contribution < 1.29 is 4.79 Å². The van der Waals surface area contributed by atoms with E-state index in [1.807, 2.05) is 13.0 Å². The Kier molecular flexibility index (Phi) is 4.92. The highest BCUT2D eigenvalue weighted by atomic mass is 35.5. The second-order valence-electron chi connectivity index (χ2n) is 4.42. The lowest BCUT2D eigenvalue weighted by molar-refractivity contribution is -0.115. The van der Waals surface area contributed by atoms with Crippen molar-refractivity contribution in [2.75, 3.05) is 5.32 Å². The third-order valence-corrected chi connectivity index (χ3v) is 3.66. The molecule has 0 spiro atoms. The lowest BCUT2D eigenvalue weighted by Crippen LogP contribution is -2.15. The van der Waals surface area contributed by atoms with E-state index in [0.29, 0.717) is 20.8 Å². The van der Waals surface area contributed by atoms with Gasteiger partial charge in [0.05, 0.1) is 6.42 Å². The van der Waals surface area contributed by atoms with Crippen molar-refractivity contribution in [2.24, 2.45) is 0 Å². The molecular formula is C15H12Cl3NO. The van der Waals surface area contributed by atoms with E-state index in [1.54, 1.807) is 30.3 Å². The van der Waals surface area contributed by atoms with Gasteiger partial charge in [0.2, 0.25) is 5.91 Å². The molecule has 2 nitrogen and oxygen atoms in total. The van der Waals surface area contributed by atoms with E-state index in [9.17, 15) is 4.79 Å². The molecule has 0 fully saturated rings.